The van der Waals surface area contributed by atoms with Crippen LogP contribution in [0, 0.1) is 0 Å². The molecule has 0 aliphatic carbocycles. The molecule has 2 fully saturated rings. The summed E-state index contributed by atoms with van der Waals surface area (Å²) in [6.45, 7) is 2.14. The third-order valence-corrected chi connectivity index (χ3v) is 9.44. The van der Waals surface area contributed by atoms with Gasteiger partial charge in [-0.2, -0.15) is 13.2 Å². The van der Waals surface area contributed by atoms with Crippen molar-refractivity contribution in [2.75, 3.05) is 30.8 Å². The standard InChI is InChI=1S/C22H25F3N2O5S3/c23-22(24,25)35(30,31)21-11-19(34(28)29)6-7-20(21)26-15(14-33-18-4-2-1-3-5-18)8-9-27-12-17-10-16(27)13-32-17/h1-7,11,15-17,26H,8-10,12-14H2,(H,28,29)/t15?,16-,17-/m1/s1. The van der Waals surface area contributed by atoms with Crippen LogP contribution < -0.4 is 5.32 Å². The number of alkyl halides is 3. The maximum atomic E-state index is 13.4. The monoisotopic (exact) mass is 550 g/mol. The van der Waals surface area contributed by atoms with Crippen molar-refractivity contribution >= 4 is 38.4 Å². The first-order chi connectivity index (χ1) is 16.5. The highest BCUT2D eigenvalue weighted by Crippen LogP contribution is 2.36. The van der Waals surface area contributed by atoms with Crippen LogP contribution in [0.5, 0.6) is 0 Å². The number of nitrogens with one attached hydrogen (secondary N) is 1. The lowest BCUT2D eigenvalue weighted by Gasteiger charge is -2.29. The topological polar surface area (TPSA) is 95.9 Å². The molecule has 0 spiro atoms. The van der Waals surface area contributed by atoms with Gasteiger partial charge in [0.15, 0.2) is 11.1 Å². The van der Waals surface area contributed by atoms with E-state index in [9.17, 15) is 30.4 Å². The second kappa shape index (κ2) is 10.8. The summed E-state index contributed by atoms with van der Waals surface area (Å²) < 4.78 is 91.2. The molecule has 0 radical (unpaired) electrons. The van der Waals surface area contributed by atoms with Gasteiger partial charge in [0.1, 0.15) is 4.90 Å². The minimum atomic E-state index is -5.76. The van der Waals surface area contributed by atoms with Gasteiger partial charge in [-0.3, -0.25) is 4.90 Å². The van der Waals surface area contributed by atoms with Crippen LogP contribution in [0.3, 0.4) is 0 Å². The molecule has 4 atom stereocenters. The van der Waals surface area contributed by atoms with Crippen molar-refractivity contribution in [3.8, 4) is 0 Å². The van der Waals surface area contributed by atoms with Crippen LogP contribution in [0.25, 0.3) is 0 Å². The third-order valence-electron chi connectivity index (χ3n) is 6.08. The zero-order valence-corrected chi connectivity index (χ0v) is 20.9. The Bertz CT molecular complexity index is 1160. The van der Waals surface area contributed by atoms with Crippen LogP contribution in [-0.2, 0) is 25.7 Å². The molecule has 2 saturated heterocycles. The molecular formula is C22H25F3N2O5S3. The van der Waals surface area contributed by atoms with Gasteiger partial charge < -0.3 is 14.6 Å². The molecule has 2 heterocycles. The number of ether oxygens (including phenoxy) is 1. The fourth-order valence-electron chi connectivity index (χ4n) is 4.28. The van der Waals surface area contributed by atoms with Crippen LogP contribution in [0.15, 0.2) is 63.2 Å². The SMILES string of the molecule is O=S(O)c1ccc(NC(CCN2C[C@H]3C[C@@H]2CO3)CSc2ccccc2)c(S(=O)(=O)C(F)(F)F)c1. The van der Waals surface area contributed by atoms with E-state index in [1.54, 1.807) is 0 Å². The summed E-state index contributed by atoms with van der Waals surface area (Å²) in [4.78, 5) is 1.78. The summed E-state index contributed by atoms with van der Waals surface area (Å²) in [5.41, 5.74) is -5.80. The molecule has 2 N–H and O–H groups in total. The Morgan fingerprint density at radius 1 is 1.23 bits per heavy atom. The Hall–Kier alpha value is -1.64. The molecule has 2 aliphatic rings. The second-order valence-electron chi connectivity index (χ2n) is 8.45. The number of sulfone groups is 1. The van der Waals surface area contributed by atoms with Crippen molar-refractivity contribution in [1.29, 1.82) is 0 Å². The molecule has 4 rings (SSSR count). The summed E-state index contributed by atoms with van der Waals surface area (Å²) in [7, 11) is -5.76. The smallest absolute Gasteiger partial charge is 0.380 e. The molecule has 2 unspecified atom stereocenters. The van der Waals surface area contributed by atoms with Crippen molar-refractivity contribution in [3.05, 3.63) is 48.5 Å². The lowest BCUT2D eigenvalue weighted by Crippen LogP contribution is -2.39. The Labute approximate surface area is 208 Å². The van der Waals surface area contributed by atoms with E-state index in [1.165, 1.54) is 11.8 Å². The van der Waals surface area contributed by atoms with Crippen molar-refractivity contribution in [1.82, 2.24) is 4.90 Å². The number of halogens is 3. The summed E-state index contributed by atoms with van der Waals surface area (Å²) in [5, 5.41) is 2.99. The number of rotatable bonds is 10. The highest BCUT2D eigenvalue weighted by molar-refractivity contribution is 7.99. The number of anilines is 1. The molecule has 35 heavy (non-hydrogen) atoms. The molecule has 0 saturated carbocycles. The van der Waals surface area contributed by atoms with Gasteiger partial charge in [0, 0.05) is 35.8 Å². The predicted octanol–water partition coefficient (Wildman–Crippen LogP) is 4.00. The van der Waals surface area contributed by atoms with Crippen molar-refractivity contribution < 1.29 is 35.1 Å². The molecule has 7 nitrogen and oxygen atoms in total. The minimum Gasteiger partial charge on any atom is -0.380 e. The Balaban J connectivity index is 1.58. The number of hydrogen-bond donors (Lipinski definition) is 2. The van der Waals surface area contributed by atoms with Crippen LogP contribution in [0.2, 0.25) is 0 Å². The zero-order valence-electron chi connectivity index (χ0n) is 18.5. The van der Waals surface area contributed by atoms with Crippen LogP contribution >= 0.6 is 11.8 Å². The fourth-order valence-corrected chi connectivity index (χ4v) is 6.70. The average molecular weight is 551 g/mol. The predicted molar refractivity (Wildman–Crippen MR) is 128 cm³/mol. The second-order valence-corrected chi connectivity index (χ2v) is 12.4. The summed E-state index contributed by atoms with van der Waals surface area (Å²) in [5.74, 6) is 0.474. The molecule has 2 aliphatic heterocycles. The number of benzene rings is 2. The highest BCUT2D eigenvalue weighted by Gasteiger charge is 2.48. The van der Waals surface area contributed by atoms with Gasteiger partial charge in [-0.1, -0.05) is 18.2 Å². The molecule has 0 aromatic heterocycles. The van der Waals surface area contributed by atoms with E-state index in [1.807, 2.05) is 30.3 Å². The fraction of sp³-hybridized carbons (Fsp3) is 0.455. The van der Waals surface area contributed by atoms with E-state index in [0.717, 1.165) is 30.0 Å². The first-order valence-electron chi connectivity index (χ1n) is 10.9. The quantitative estimate of drug-likeness (QED) is 0.339. The Morgan fingerprint density at radius 3 is 2.57 bits per heavy atom. The van der Waals surface area contributed by atoms with E-state index < -0.39 is 36.2 Å². The average Bonchev–Trinajstić information content (AvgIpc) is 3.44. The molecular weight excluding hydrogens is 525 g/mol. The zero-order chi connectivity index (χ0) is 25.2. The number of likely N-dealkylation sites (tertiary alicyclic amines) is 1. The Kier molecular flexibility index (Phi) is 8.13. The molecule has 2 aromatic rings. The molecule has 2 aromatic carbocycles. The number of morpholine rings is 1. The van der Waals surface area contributed by atoms with Crippen LogP contribution in [-0.4, -0.2) is 71.2 Å². The first kappa shape index (κ1) is 26.4. The van der Waals surface area contributed by atoms with E-state index in [0.29, 0.717) is 37.4 Å². The van der Waals surface area contributed by atoms with Crippen LogP contribution in [0.4, 0.5) is 18.9 Å². The lowest BCUT2D eigenvalue weighted by molar-refractivity contribution is -0.0435. The number of fused-ring (bicyclic) bond motifs is 2. The van der Waals surface area contributed by atoms with Gasteiger partial charge in [0.05, 0.1) is 23.3 Å². The minimum absolute atomic E-state index is 0.209. The van der Waals surface area contributed by atoms with E-state index >= 15 is 0 Å². The van der Waals surface area contributed by atoms with Gasteiger partial charge >= 0.3 is 5.51 Å². The molecule has 192 valence electrons. The summed E-state index contributed by atoms with van der Waals surface area (Å²) in [6.07, 6.45) is 1.73. The van der Waals surface area contributed by atoms with Gasteiger partial charge in [-0.25, -0.2) is 12.6 Å². The largest absolute Gasteiger partial charge is 0.501 e. The Morgan fingerprint density at radius 2 is 1.97 bits per heavy atom. The number of hydrogen-bond acceptors (Lipinski definition) is 7. The lowest BCUT2D eigenvalue weighted by atomic mass is 10.2. The van der Waals surface area contributed by atoms with E-state index in [-0.39, 0.29) is 17.8 Å². The molecule has 0 amide bonds. The molecule has 2 bridgehead atoms. The van der Waals surface area contributed by atoms with E-state index in [4.69, 9.17) is 4.74 Å². The summed E-state index contributed by atoms with van der Waals surface area (Å²) in [6, 6.07) is 12.3. The maximum Gasteiger partial charge on any atom is 0.501 e. The summed E-state index contributed by atoms with van der Waals surface area (Å²) >= 11 is -1.13. The van der Waals surface area contributed by atoms with Gasteiger partial charge in [0.2, 0.25) is 0 Å². The van der Waals surface area contributed by atoms with Crippen molar-refractivity contribution in [3.63, 3.8) is 0 Å². The van der Waals surface area contributed by atoms with Crippen LogP contribution in [0.1, 0.15) is 12.8 Å². The number of nitrogens with zero attached hydrogens (tertiary/aromatic N) is 1. The van der Waals surface area contributed by atoms with Gasteiger partial charge in [0.25, 0.3) is 9.84 Å². The maximum absolute atomic E-state index is 13.4. The van der Waals surface area contributed by atoms with Crippen molar-refractivity contribution in [2.45, 2.75) is 51.2 Å². The number of thioether (sulfide) groups is 1. The third kappa shape index (κ3) is 6.20. The van der Waals surface area contributed by atoms with E-state index in [2.05, 4.69) is 10.2 Å². The normalized spacial score (nSPS) is 22.3. The molecule has 13 heteroatoms. The first-order valence-corrected chi connectivity index (χ1v) is 14.5. The van der Waals surface area contributed by atoms with Gasteiger partial charge in [-0.15, -0.1) is 11.8 Å². The highest BCUT2D eigenvalue weighted by atomic mass is 32.2. The van der Waals surface area contributed by atoms with Gasteiger partial charge in [-0.05, 0) is 43.2 Å². The van der Waals surface area contributed by atoms with Crippen molar-refractivity contribution in [2.24, 2.45) is 0 Å².